The molecule has 3 heteroatoms. The number of benzene rings is 7. The zero-order valence-electron chi connectivity index (χ0n) is 18.9. The summed E-state index contributed by atoms with van der Waals surface area (Å²) in [5.41, 5.74) is 2.78. The smallest absolute Gasteiger partial charge is 0.423 e. The van der Waals surface area contributed by atoms with Crippen molar-refractivity contribution >= 4 is 66.4 Å². The minimum absolute atomic E-state index is 0.553. The Morgan fingerprint density at radius 2 is 0.743 bits per heavy atom. The third-order valence-corrected chi connectivity index (χ3v) is 7.26. The lowest BCUT2D eigenvalue weighted by molar-refractivity contribution is 0.426. The SMILES string of the molecule is OB(O)c1c2ccccc2c(-c2ccc3c4ccccc4c4ccccc4c3c2)c2ccccc12. The first-order chi connectivity index (χ1) is 17.2. The Bertz CT molecular complexity index is 1850. The van der Waals surface area contributed by atoms with Crippen LogP contribution in [0.3, 0.4) is 0 Å². The molecular formula is C32H21BO2. The maximum Gasteiger partial charge on any atom is 0.489 e. The Kier molecular flexibility index (Phi) is 4.43. The van der Waals surface area contributed by atoms with Crippen molar-refractivity contribution in [3.63, 3.8) is 0 Å². The monoisotopic (exact) mass is 448 g/mol. The normalized spacial score (nSPS) is 11.7. The third kappa shape index (κ3) is 2.93. The van der Waals surface area contributed by atoms with Crippen LogP contribution in [-0.4, -0.2) is 17.2 Å². The molecule has 0 aliphatic rings. The lowest BCUT2D eigenvalue weighted by Crippen LogP contribution is -2.31. The molecule has 0 fully saturated rings. The third-order valence-electron chi connectivity index (χ3n) is 7.26. The summed E-state index contributed by atoms with van der Waals surface area (Å²) in [7, 11) is -1.55. The van der Waals surface area contributed by atoms with Crippen LogP contribution in [0.4, 0.5) is 0 Å². The van der Waals surface area contributed by atoms with Gasteiger partial charge in [-0.15, -0.1) is 0 Å². The van der Waals surface area contributed by atoms with E-state index in [0.717, 1.165) is 32.7 Å². The van der Waals surface area contributed by atoms with Crippen molar-refractivity contribution in [2.75, 3.05) is 0 Å². The molecule has 0 radical (unpaired) electrons. The van der Waals surface area contributed by atoms with Gasteiger partial charge in [-0.3, -0.25) is 0 Å². The first-order valence-electron chi connectivity index (χ1n) is 11.9. The van der Waals surface area contributed by atoms with Crippen molar-refractivity contribution in [1.82, 2.24) is 0 Å². The maximum absolute atomic E-state index is 10.3. The number of rotatable bonds is 2. The predicted molar refractivity (Wildman–Crippen MR) is 149 cm³/mol. The summed E-state index contributed by atoms with van der Waals surface area (Å²) in [5.74, 6) is 0. The van der Waals surface area contributed by atoms with Crippen LogP contribution in [0.2, 0.25) is 0 Å². The topological polar surface area (TPSA) is 40.5 Å². The van der Waals surface area contributed by atoms with Crippen LogP contribution < -0.4 is 5.46 Å². The van der Waals surface area contributed by atoms with Crippen molar-refractivity contribution in [2.24, 2.45) is 0 Å². The summed E-state index contributed by atoms with van der Waals surface area (Å²) >= 11 is 0. The van der Waals surface area contributed by atoms with Gasteiger partial charge in [-0.2, -0.15) is 0 Å². The molecule has 0 bridgehead atoms. The molecule has 0 atom stereocenters. The first kappa shape index (κ1) is 20.2. The molecule has 7 aromatic rings. The van der Waals surface area contributed by atoms with Gasteiger partial charge in [-0.25, -0.2) is 0 Å². The molecule has 7 aromatic carbocycles. The van der Waals surface area contributed by atoms with E-state index < -0.39 is 7.12 Å². The number of hydrogen-bond donors (Lipinski definition) is 2. The molecule has 0 heterocycles. The molecule has 0 spiro atoms. The largest absolute Gasteiger partial charge is 0.489 e. The molecule has 7 rings (SSSR count). The fourth-order valence-corrected chi connectivity index (χ4v) is 5.81. The van der Waals surface area contributed by atoms with Crippen LogP contribution >= 0.6 is 0 Å². The lowest BCUT2D eigenvalue weighted by atomic mass is 9.72. The van der Waals surface area contributed by atoms with Gasteiger partial charge in [0.1, 0.15) is 0 Å². The van der Waals surface area contributed by atoms with E-state index in [2.05, 4.69) is 78.9 Å². The average Bonchev–Trinajstić information content (AvgIpc) is 2.91. The van der Waals surface area contributed by atoms with E-state index >= 15 is 0 Å². The highest BCUT2D eigenvalue weighted by Gasteiger charge is 2.22. The van der Waals surface area contributed by atoms with Gasteiger partial charge in [0.05, 0.1) is 0 Å². The molecule has 0 aromatic heterocycles. The van der Waals surface area contributed by atoms with Gasteiger partial charge < -0.3 is 10.0 Å². The number of fused-ring (bicyclic) bond motifs is 8. The van der Waals surface area contributed by atoms with Crippen LogP contribution in [-0.2, 0) is 0 Å². The molecule has 35 heavy (non-hydrogen) atoms. The molecule has 0 aliphatic heterocycles. The van der Waals surface area contributed by atoms with E-state index in [4.69, 9.17) is 0 Å². The highest BCUT2D eigenvalue weighted by Crippen LogP contribution is 2.40. The van der Waals surface area contributed by atoms with Crippen molar-refractivity contribution < 1.29 is 10.0 Å². The zero-order valence-corrected chi connectivity index (χ0v) is 18.9. The van der Waals surface area contributed by atoms with Gasteiger partial charge in [-0.05, 0) is 76.5 Å². The second kappa shape index (κ2) is 7.67. The van der Waals surface area contributed by atoms with Gasteiger partial charge >= 0.3 is 7.12 Å². The van der Waals surface area contributed by atoms with Crippen LogP contribution in [0.25, 0.3) is 65.0 Å². The Labute approximate surface area is 202 Å². The average molecular weight is 448 g/mol. The van der Waals surface area contributed by atoms with E-state index in [1.807, 2.05) is 36.4 Å². The highest BCUT2D eigenvalue weighted by atomic mass is 16.4. The van der Waals surface area contributed by atoms with E-state index in [9.17, 15) is 10.0 Å². The summed E-state index contributed by atoms with van der Waals surface area (Å²) in [6.07, 6.45) is 0. The quantitative estimate of drug-likeness (QED) is 0.174. The molecular weight excluding hydrogens is 427 g/mol. The van der Waals surface area contributed by atoms with Crippen LogP contribution in [0.1, 0.15) is 0 Å². The Hall–Kier alpha value is -4.18. The molecule has 164 valence electrons. The summed E-state index contributed by atoms with van der Waals surface area (Å²) in [6.45, 7) is 0. The summed E-state index contributed by atoms with van der Waals surface area (Å²) in [6, 6.07) is 40.0. The van der Waals surface area contributed by atoms with Gasteiger partial charge in [-0.1, -0.05) is 109 Å². The molecule has 0 aliphatic carbocycles. The van der Waals surface area contributed by atoms with E-state index in [1.165, 1.54) is 32.3 Å². The minimum atomic E-state index is -1.55. The molecule has 2 nitrogen and oxygen atoms in total. The summed E-state index contributed by atoms with van der Waals surface area (Å²) in [4.78, 5) is 0. The maximum atomic E-state index is 10.3. The standard InChI is InChI=1S/C32H21BO2/c34-33(35)32-28-15-7-5-13-26(28)31(27-14-6-8-16-29(27)32)20-17-18-25-23-11-2-1-9-21(23)22-10-3-4-12-24(22)30(25)19-20/h1-19,34-35H. The molecule has 0 amide bonds. The predicted octanol–water partition coefficient (Wildman–Crippen LogP) is 6.80. The van der Waals surface area contributed by atoms with Crippen molar-refractivity contribution in [2.45, 2.75) is 0 Å². The van der Waals surface area contributed by atoms with Gasteiger partial charge in [0.25, 0.3) is 0 Å². The Morgan fingerprint density at radius 1 is 0.371 bits per heavy atom. The van der Waals surface area contributed by atoms with E-state index in [1.54, 1.807) is 0 Å². The Morgan fingerprint density at radius 3 is 1.20 bits per heavy atom. The van der Waals surface area contributed by atoms with Crippen LogP contribution in [0.5, 0.6) is 0 Å². The van der Waals surface area contributed by atoms with Crippen molar-refractivity contribution in [3.8, 4) is 11.1 Å². The first-order valence-corrected chi connectivity index (χ1v) is 11.9. The van der Waals surface area contributed by atoms with Crippen LogP contribution in [0.15, 0.2) is 115 Å². The summed E-state index contributed by atoms with van der Waals surface area (Å²) < 4.78 is 0. The molecule has 0 saturated carbocycles. The zero-order chi connectivity index (χ0) is 23.5. The molecule has 0 unspecified atom stereocenters. The van der Waals surface area contributed by atoms with Crippen LogP contribution in [0, 0.1) is 0 Å². The van der Waals surface area contributed by atoms with Gasteiger partial charge in [0, 0.05) is 0 Å². The van der Waals surface area contributed by atoms with Gasteiger partial charge in [0.15, 0.2) is 0 Å². The Balaban J connectivity index is 1.66. The fourth-order valence-electron chi connectivity index (χ4n) is 5.81. The molecule has 2 N–H and O–H groups in total. The van der Waals surface area contributed by atoms with E-state index in [-0.39, 0.29) is 0 Å². The lowest BCUT2D eigenvalue weighted by Gasteiger charge is -2.18. The highest BCUT2D eigenvalue weighted by molar-refractivity contribution is 6.66. The number of hydrogen-bond acceptors (Lipinski definition) is 2. The second-order valence-electron chi connectivity index (χ2n) is 9.11. The van der Waals surface area contributed by atoms with Crippen molar-refractivity contribution in [1.29, 1.82) is 0 Å². The summed E-state index contributed by atoms with van der Waals surface area (Å²) in [5, 5.41) is 31.8. The minimum Gasteiger partial charge on any atom is -0.423 e. The molecule has 0 saturated heterocycles. The van der Waals surface area contributed by atoms with E-state index in [0.29, 0.717) is 5.46 Å². The second-order valence-corrected chi connectivity index (χ2v) is 9.11. The van der Waals surface area contributed by atoms with Gasteiger partial charge in [0.2, 0.25) is 0 Å². The van der Waals surface area contributed by atoms with Crippen molar-refractivity contribution in [3.05, 3.63) is 115 Å². The fraction of sp³-hybridized carbons (Fsp3) is 0.